The Morgan fingerprint density at radius 1 is 1.41 bits per heavy atom. The van der Waals surface area contributed by atoms with Crippen LogP contribution in [0, 0.1) is 12.7 Å². The number of benzene rings is 1. The first-order chi connectivity index (χ1) is 7.89. The largest absolute Gasteiger partial charge is 0.365 e. The predicted molar refractivity (Wildman–Crippen MR) is 70.0 cm³/mol. The molecule has 1 fully saturated rings. The zero-order chi connectivity index (χ0) is 12.6. The van der Waals surface area contributed by atoms with Crippen molar-refractivity contribution in [2.24, 2.45) is 0 Å². The SMILES string of the molecule is Cc1ccc(F)cc1N1CC(C)(C)NCC1C. The van der Waals surface area contributed by atoms with Crippen LogP contribution in [0.2, 0.25) is 0 Å². The van der Waals surface area contributed by atoms with Gasteiger partial charge in [-0.15, -0.1) is 0 Å². The number of halogens is 1. The molecule has 0 aromatic heterocycles. The summed E-state index contributed by atoms with van der Waals surface area (Å²) in [6, 6.07) is 5.42. The minimum atomic E-state index is -0.158. The van der Waals surface area contributed by atoms with Crippen molar-refractivity contribution in [3.63, 3.8) is 0 Å². The minimum absolute atomic E-state index is 0.0747. The third-order valence-corrected chi connectivity index (χ3v) is 3.45. The van der Waals surface area contributed by atoms with E-state index in [9.17, 15) is 4.39 Å². The van der Waals surface area contributed by atoms with Gasteiger partial charge in [0.25, 0.3) is 0 Å². The number of aryl methyl sites for hydroxylation is 1. The van der Waals surface area contributed by atoms with Crippen LogP contribution in [-0.4, -0.2) is 24.7 Å². The van der Waals surface area contributed by atoms with Crippen molar-refractivity contribution in [1.82, 2.24) is 5.32 Å². The van der Waals surface area contributed by atoms with E-state index < -0.39 is 0 Å². The van der Waals surface area contributed by atoms with Crippen LogP contribution in [0.3, 0.4) is 0 Å². The van der Waals surface area contributed by atoms with E-state index in [1.807, 2.05) is 13.0 Å². The maximum Gasteiger partial charge on any atom is 0.125 e. The normalized spacial score (nSPS) is 23.8. The first-order valence-electron chi connectivity index (χ1n) is 6.17. The van der Waals surface area contributed by atoms with Crippen LogP contribution in [0.4, 0.5) is 10.1 Å². The quantitative estimate of drug-likeness (QED) is 0.806. The van der Waals surface area contributed by atoms with Gasteiger partial charge in [0.2, 0.25) is 0 Å². The number of hydrogen-bond acceptors (Lipinski definition) is 2. The Balaban J connectivity index is 2.34. The summed E-state index contributed by atoms with van der Waals surface area (Å²) < 4.78 is 13.4. The lowest BCUT2D eigenvalue weighted by Crippen LogP contribution is -2.61. The van der Waals surface area contributed by atoms with Crippen LogP contribution in [0.15, 0.2) is 18.2 Å². The van der Waals surface area contributed by atoms with Crippen molar-refractivity contribution in [2.75, 3.05) is 18.0 Å². The Morgan fingerprint density at radius 2 is 2.12 bits per heavy atom. The maximum atomic E-state index is 13.4. The smallest absolute Gasteiger partial charge is 0.125 e. The second-order valence-electron chi connectivity index (χ2n) is 5.67. The summed E-state index contributed by atoms with van der Waals surface area (Å²) >= 11 is 0. The van der Waals surface area contributed by atoms with E-state index in [0.717, 1.165) is 24.3 Å². The lowest BCUT2D eigenvalue weighted by Gasteiger charge is -2.45. The fourth-order valence-electron chi connectivity index (χ4n) is 2.39. The van der Waals surface area contributed by atoms with Crippen molar-refractivity contribution in [3.8, 4) is 0 Å². The average molecular weight is 236 g/mol. The Morgan fingerprint density at radius 3 is 2.82 bits per heavy atom. The summed E-state index contributed by atoms with van der Waals surface area (Å²) in [4.78, 5) is 2.30. The van der Waals surface area contributed by atoms with Crippen LogP contribution in [0.1, 0.15) is 26.3 Å². The molecular weight excluding hydrogens is 215 g/mol. The average Bonchev–Trinajstić information content (AvgIpc) is 2.25. The molecule has 1 heterocycles. The first kappa shape index (κ1) is 12.4. The molecule has 1 atom stereocenters. The van der Waals surface area contributed by atoms with Crippen LogP contribution >= 0.6 is 0 Å². The summed E-state index contributed by atoms with van der Waals surface area (Å²) in [5, 5.41) is 3.51. The van der Waals surface area contributed by atoms with E-state index in [1.54, 1.807) is 6.07 Å². The number of nitrogens with one attached hydrogen (secondary N) is 1. The van der Waals surface area contributed by atoms with Crippen LogP contribution < -0.4 is 10.2 Å². The standard InChI is InChI=1S/C14H21FN2/c1-10-5-6-12(15)7-13(10)17-9-14(3,4)16-8-11(17)2/h5-7,11,16H,8-9H2,1-4H3. The molecule has 0 spiro atoms. The molecule has 1 aromatic rings. The third-order valence-electron chi connectivity index (χ3n) is 3.45. The molecule has 1 N–H and O–H groups in total. The van der Waals surface area contributed by atoms with Crippen molar-refractivity contribution in [1.29, 1.82) is 0 Å². The summed E-state index contributed by atoms with van der Waals surface area (Å²) in [6.07, 6.45) is 0. The van der Waals surface area contributed by atoms with E-state index in [1.165, 1.54) is 6.07 Å². The van der Waals surface area contributed by atoms with E-state index in [0.29, 0.717) is 6.04 Å². The molecule has 17 heavy (non-hydrogen) atoms. The minimum Gasteiger partial charge on any atom is -0.365 e. The number of anilines is 1. The molecule has 2 nitrogen and oxygen atoms in total. The van der Waals surface area contributed by atoms with Crippen molar-refractivity contribution >= 4 is 5.69 Å². The Kier molecular flexibility index (Phi) is 3.13. The molecule has 1 unspecified atom stereocenters. The van der Waals surface area contributed by atoms with Gasteiger partial charge < -0.3 is 10.2 Å². The van der Waals surface area contributed by atoms with Crippen LogP contribution in [0.5, 0.6) is 0 Å². The van der Waals surface area contributed by atoms with Gasteiger partial charge in [0.05, 0.1) is 0 Å². The van der Waals surface area contributed by atoms with Gasteiger partial charge in [0.1, 0.15) is 5.82 Å². The predicted octanol–water partition coefficient (Wildman–Crippen LogP) is 2.71. The zero-order valence-corrected chi connectivity index (χ0v) is 11.0. The van der Waals surface area contributed by atoms with Crippen molar-refractivity contribution < 1.29 is 4.39 Å². The number of piperazine rings is 1. The summed E-state index contributed by atoms with van der Waals surface area (Å²) in [6.45, 7) is 10.4. The van der Waals surface area contributed by atoms with E-state index in [4.69, 9.17) is 0 Å². The second kappa shape index (κ2) is 4.30. The highest BCUT2D eigenvalue weighted by atomic mass is 19.1. The molecule has 2 rings (SSSR count). The molecule has 1 aromatic carbocycles. The van der Waals surface area contributed by atoms with Crippen molar-refractivity contribution in [2.45, 2.75) is 39.3 Å². The highest BCUT2D eigenvalue weighted by Gasteiger charge is 2.30. The van der Waals surface area contributed by atoms with Gasteiger partial charge in [-0.1, -0.05) is 6.07 Å². The molecular formula is C14H21FN2. The number of rotatable bonds is 1. The molecule has 94 valence electrons. The Bertz CT molecular complexity index is 415. The lowest BCUT2D eigenvalue weighted by atomic mass is 9.97. The number of nitrogens with zero attached hydrogens (tertiary/aromatic N) is 1. The Labute approximate surface area is 103 Å². The number of hydrogen-bond donors (Lipinski definition) is 1. The lowest BCUT2D eigenvalue weighted by molar-refractivity contribution is 0.318. The Hall–Kier alpha value is -1.09. The van der Waals surface area contributed by atoms with Gasteiger partial charge in [0.15, 0.2) is 0 Å². The molecule has 1 aliphatic heterocycles. The molecule has 1 aliphatic rings. The monoisotopic (exact) mass is 236 g/mol. The molecule has 0 aliphatic carbocycles. The van der Waals surface area contributed by atoms with Crippen LogP contribution in [0.25, 0.3) is 0 Å². The molecule has 0 radical (unpaired) electrons. The molecule has 0 bridgehead atoms. The second-order valence-corrected chi connectivity index (χ2v) is 5.67. The van der Waals surface area contributed by atoms with Gasteiger partial charge in [-0.05, 0) is 45.4 Å². The highest BCUT2D eigenvalue weighted by molar-refractivity contribution is 5.55. The van der Waals surface area contributed by atoms with Gasteiger partial charge in [0, 0.05) is 30.4 Å². The summed E-state index contributed by atoms with van der Waals surface area (Å²) in [7, 11) is 0. The van der Waals surface area contributed by atoms with Gasteiger partial charge in [-0.2, -0.15) is 0 Å². The topological polar surface area (TPSA) is 15.3 Å². The van der Waals surface area contributed by atoms with Gasteiger partial charge in [-0.3, -0.25) is 0 Å². The molecule has 0 amide bonds. The first-order valence-corrected chi connectivity index (χ1v) is 6.17. The zero-order valence-electron chi connectivity index (χ0n) is 11.0. The molecule has 1 saturated heterocycles. The van der Waals surface area contributed by atoms with Crippen molar-refractivity contribution in [3.05, 3.63) is 29.6 Å². The van der Waals surface area contributed by atoms with E-state index in [-0.39, 0.29) is 11.4 Å². The fourth-order valence-corrected chi connectivity index (χ4v) is 2.39. The molecule has 3 heteroatoms. The van der Waals surface area contributed by atoms with Crippen LogP contribution in [-0.2, 0) is 0 Å². The summed E-state index contributed by atoms with van der Waals surface area (Å²) in [5.74, 6) is -0.158. The van der Waals surface area contributed by atoms with Gasteiger partial charge >= 0.3 is 0 Å². The summed E-state index contributed by atoms with van der Waals surface area (Å²) in [5.41, 5.74) is 2.23. The highest BCUT2D eigenvalue weighted by Crippen LogP contribution is 2.27. The maximum absolute atomic E-state index is 13.4. The van der Waals surface area contributed by atoms with E-state index >= 15 is 0 Å². The fraction of sp³-hybridized carbons (Fsp3) is 0.571. The van der Waals surface area contributed by atoms with E-state index in [2.05, 4.69) is 31.0 Å². The van der Waals surface area contributed by atoms with Gasteiger partial charge in [-0.25, -0.2) is 4.39 Å². The molecule has 0 saturated carbocycles. The third kappa shape index (κ3) is 2.60.